The maximum atomic E-state index is 6.27. The van der Waals surface area contributed by atoms with Crippen molar-refractivity contribution in [1.82, 2.24) is 4.57 Å². The number of rotatable bonds is 5. The summed E-state index contributed by atoms with van der Waals surface area (Å²) in [6.45, 7) is 0. The lowest BCUT2D eigenvalue weighted by Gasteiger charge is -2.15. The number of hydrogen-bond donors (Lipinski definition) is 0. The molecule has 0 fully saturated rings. The first-order chi connectivity index (χ1) is 30.2. The fourth-order valence-electron chi connectivity index (χ4n) is 9.65. The molecule has 0 aliphatic carbocycles. The molecule has 0 N–H and O–H groups in total. The van der Waals surface area contributed by atoms with Gasteiger partial charge in [-0.1, -0.05) is 158 Å². The van der Waals surface area contributed by atoms with Gasteiger partial charge in [0.25, 0.3) is 0 Å². The molecule has 61 heavy (non-hydrogen) atoms. The van der Waals surface area contributed by atoms with E-state index < -0.39 is 0 Å². The highest BCUT2D eigenvalue weighted by Gasteiger charge is 2.21. The zero-order chi connectivity index (χ0) is 40.0. The summed E-state index contributed by atoms with van der Waals surface area (Å²) in [7, 11) is 0. The molecule has 10 aromatic carbocycles. The summed E-state index contributed by atoms with van der Waals surface area (Å²) in [5.74, 6) is 0. The number of para-hydroxylation sites is 4. The summed E-state index contributed by atoms with van der Waals surface area (Å²) in [5.41, 5.74) is 16.4. The Morgan fingerprint density at radius 1 is 0.262 bits per heavy atom. The molecule has 0 saturated carbocycles. The maximum Gasteiger partial charge on any atom is 0.135 e. The van der Waals surface area contributed by atoms with Crippen LogP contribution in [0.5, 0.6) is 0 Å². The fraction of sp³-hybridized carbons (Fsp3) is 0. The van der Waals surface area contributed by atoms with E-state index >= 15 is 0 Å². The van der Waals surface area contributed by atoms with Crippen LogP contribution in [-0.2, 0) is 0 Å². The molecule has 0 unspecified atom stereocenters. The monoisotopic (exact) mass is 777 g/mol. The minimum Gasteiger partial charge on any atom is -0.456 e. The molecule has 3 heterocycles. The summed E-state index contributed by atoms with van der Waals surface area (Å²) < 4.78 is 15.0. The number of nitrogens with zero attached hydrogens (tertiary/aromatic N) is 1. The number of furan rings is 2. The van der Waals surface area contributed by atoms with E-state index in [1.165, 1.54) is 54.8 Å². The van der Waals surface area contributed by atoms with Crippen LogP contribution in [0.15, 0.2) is 221 Å². The second-order valence-corrected chi connectivity index (χ2v) is 16.0. The summed E-state index contributed by atoms with van der Waals surface area (Å²) in [6, 6.07) is 76.5. The van der Waals surface area contributed by atoms with Crippen molar-refractivity contribution in [2.45, 2.75) is 0 Å². The van der Waals surface area contributed by atoms with Gasteiger partial charge in [-0.25, -0.2) is 0 Å². The molecular formula is C58H35NO2. The first kappa shape index (κ1) is 33.8. The van der Waals surface area contributed by atoms with Crippen LogP contribution in [0, 0.1) is 0 Å². The van der Waals surface area contributed by atoms with Crippen molar-refractivity contribution in [2.24, 2.45) is 0 Å². The van der Waals surface area contributed by atoms with Crippen molar-refractivity contribution < 1.29 is 8.83 Å². The molecule has 0 radical (unpaired) electrons. The molecule has 3 nitrogen and oxygen atoms in total. The third-order valence-electron chi connectivity index (χ3n) is 12.6. The molecular weight excluding hydrogens is 743 g/mol. The van der Waals surface area contributed by atoms with E-state index in [0.29, 0.717) is 0 Å². The third-order valence-corrected chi connectivity index (χ3v) is 12.6. The fourth-order valence-corrected chi connectivity index (χ4v) is 9.65. The predicted molar refractivity (Wildman–Crippen MR) is 255 cm³/mol. The van der Waals surface area contributed by atoms with E-state index in [1.54, 1.807) is 0 Å². The molecule has 0 atom stereocenters. The standard InChI is InChI=1S/C58H35NO2/c1-2-10-40-33-41(24-23-36(40)9-1)39-21-19-37(20-22-39)38-25-29-44(30-26-38)59-57-45(42-27-31-55-51(34-42)47-11-3-5-17-53(47)60-55)13-7-15-49(57)50-16-8-14-46(58(50)59)43-28-32-56-52(35-43)48-12-4-6-18-54(48)61-56/h1-35H. The molecule has 284 valence electrons. The minimum absolute atomic E-state index is 0.892. The number of benzene rings is 10. The van der Waals surface area contributed by atoms with Crippen LogP contribution in [0.4, 0.5) is 0 Å². The summed E-state index contributed by atoms with van der Waals surface area (Å²) in [4.78, 5) is 0. The van der Waals surface area contributed by atoms with Gasteiger partial charge in [0.05, 0.1) is 11.0 Å². The lowest BCUT2D eigenvalue weighted by atomic mass is 9.98. The Balaban J connectivity index is 1.00. The zero-order valence-electron chi connectivity index (χ0n) is 33.0. The minimum atomic E-state index is 0.892. The normalized spacial score (nSPS) is 11.9. The first-order valence-corrected chi connectivity index (χ1v) is 20.8. The summed E-state index contributed by atoms with van der Waals surface area (Å²) >= 11 is 0. The Hall–Kier alpha value is -8.14. The van der Waals surface area contributed by atoms with Crippen LogP contribution in [0.1, 0.15) is 0 Å². The highest BCUT2D eigenvalue weighted by atomic mass is 16.3. The van der Waals surface area contributed by atoms with Crippen LogP contribution < -0.4 is 0 Å². The van der Waals surface area contributed by atoms with Crippen molar-refractivity contribution in [3.8, 4) is 50.2 Å². The van der Waals surface area contributed by atoms with Gasteiger partial charge in [0.2, 0.25) is 0 Å². The van der Waals surface area contributed by atoms with Crippen molar-refractivity contribution in [2.75, 3.05) is 0 Å². The molecule has 0 amide bonds. The highest BCUT2D eigenvalue weighted by Crippen LogP contribution is 2.44. The molecule has 3 aromatic heterocycles. The van der Waals surface area contributed by atoms with Crippen molar-refractivity contribution in [3.63, 3.8) is 0 Å². The average Bonchev–Trinajstić information content (AvgIpc) is 4.01. The van der Waals surface area contributed by atoms with Gasteiger partial charge in [0.15, 0.2) is 0 Å². The molecule has 3 heteroatoms. The summed E-state index contributed by atoms with van der Waals surface area (Å²) in [6.07, 6.45) is 0. The van der Waals surface area contributed by atoms with Crippen LogP contribution in [0.3, 0.4) is 0 Å². The number of aromatic nitrogens is 1. The lowest BCUT2D eigenvalue weighted by molar-refractivity contribution is 0.668. The molecule has 13 aromatic rings. The van der Waals surface area contributed by atoms with Gasteiger partial charge in [0, 0.05) is 49.1 Å². The highest BCUT2D eigenvalue weighted by molar-refractivity contribution is 6.18. The van der Waals surface area contributed by atoms with Gasteiger partial charge < -0.3 is 13.4 Å². The van der Waals surface area contributed by atoms with Crippen molar-refractivity contribution in [3.05, 3.63) is 212 Å². The van der Waals surface area contributed by atoms with Gasteiger partial charge in [-0.15, -0.1) is 0 Å². The Morgan fingerprint density at radius 2 is 0.689 bits per heavy atom. The van der Waals surface area contributed by atoms with Gasteiger partial charge in [0.1, 0.15) is 22.3 Å². The molecule has 0 spiro atoms. The van der Waals surface area contributed by atoms with Gasteiger partial charge in [-0.05, 0) is 98.8 Å². The zero-order valence-corrected chi connectivity index (χ0v) is 33.0. The van der Waals surface area contributed by atoms with Crippen molar-refractivity contribution >= 4 is 76.5 Å². The quantitative estimate of drug-likeness (QED) is 0.174. The lowest BCUT2D eigenvalue weighted by Crippen LogP contribution is -1.97. The molecule has 0 aliphatic rings. The first-order valence-electron chi connectivity index (χ1n) is 20.8. The van der Waals surface area contributed by atoms with E-state index in [4.69, 9.17) is 8.83 Å². The van der Waals surface area contributed by atoms with Crippen LogP contribution in [-0.4, -0.2) is 4.57 Å². The maximum absolute atomic E-state index is 6.27. The Bertz CT molecular complexity index is 3690. The van der Waals surface area contributed by atoms with E-state index in [0.717, 1.165) is 71.8 Å². The molecule has 0 bridgehead atoms. The van der Waals surface area contributed by atoms with E-state index in [9.17, 15) is 0 Å². The number of hydrogen-bond acceptors (Lipinski definition) is 2. The smallest absolute Gasteiger partial charge is 0.135 e. The van der Waals surface area contributed by atoms with Gasteiger partial charge in [-0.2, -0.15) is 0 Å². The van der Waals surface area contributed by atoms with E-state index in [2.05, 4.69) is 193 Å². The van der Waals surface area contributed by atoms with Gasteiger partial charge >= 0.3 is 0 Å². The van der Waals surface area contributed by atoms with Crippen LogP contribution in [0.25, 0.3) is 127 Å². The molecule has 0 aliphatic heterocycles. The predicted octanol–water partition coefficient (Wildman–Crippen LogP) is 16.4. The van der Waals surface area contributed by atoms with Crippen LogP contribution >= 0.6 is 0 Å². The number of fused-ring (bicyclic) bond motifs is 10. The Morgan fingerprint density at radius 3 is 1.26 bits per heavy atom. The SMILES string of the molecule is c1ccc2cc(-c3ccc(-c4ccc(-n5c6c(-c7ccc8oc9ccccc9c8c7)cccc6c6cccc(-c7ccc8oc9ccccc9c8c7)c65)cc4)cc3)ccc2c1. The molecule has 13 rings (SSSR count). The Labute approximate surface area is 350 Å². The van der Waals surface area contributed by atoms with E-state index in [-0.39, 0.29) is 0 Å². The summed E-state index contributed by atoms with van der Waals surface area (Å²) in [5, 5.41) is 9.39. The average molecular weight is 778 g/mol. The topological polar surface area (TPSA) is 31.2 Å². The van der Waals surface area contributed by atoms with E-state index in [1.807, 2.05) is 24.3 Å². The van der Waals surface area contributed by atoms with Gasteiger partial charge in [-0.3, -0.25) is 0 Å². The second-order valence-electron chi connectivity index (χ2n) is 16.0. The third kappa shape index (κ3) is 5.31. The largest absolute Gasteiger partial charge is 0.456 e. The van der Waals surface area contributed by atoms with Crippen LogP contribution in [0.2, 0.25) is 0 Å². The Kier molecular flexibility index (Phi) is 7.31. The van der Waals surface area contributed by atoms with Crippen molar-refractivity contribution in [1.29, 1.82) is 0 Å². The molecule has 0 saturated heterocycles. The second kappa shape index (κ2) is 13.2.